The van der Waals surface area contributed by atoms with E-state index in [1.807, 2.05) is 17.9 Å². The number of hydrogen-bond acceptors (Lipinski definition) is 3. The summed E-state index contributed by atoms with van der Waals surface area (Å²) in [6.07, 6.45) is 11.6. The van der Waals surface area contributed by atoms with Crippen molar-refractivity contribution >= 4 is 0 Å². The lowest BCUT2D eigenvalue weighted by Crippen LogP contribution is -2.43. The van der Waals surface area contributed by atoms with E-state index in [-0.39, 0.29) is 0 Å². The minimum atomic E-state index is 0.400. The number of aromatic nitrogens is 2. The molecule has 19 heavy (non-hydrogen) atoms. The van der Waals surface area contributed by atoms with Crippen LogP contribution >= 0.6 is 0 Å². The first-order chi connectivity index (χ1) is 9.29. The lowest BCUT2D eigenvalue weighted by molar-refractivity contribution is -0.00914. The Morgan fingerprint density at radius 3 is 3.05 bits per heavy atom. The fourth-order valence-electron chi connectivity index (χ4n) is 2.76. The van der Waals surface area contributed by atoms with Crippen molar-refractivity contribution in [1.82, 2.24) is 15.1 Å². The van der Waals surface area contributed by atoms with Crippen LogP contribution in [0.2, 0.25) is 0 Å². The van der Waals surface area contributed by atoms with Crippen molar-refractivity contribution in [2.24, 2.45) is 7.05 Å². The first-order valence-electron chi connectivity index (χ1n) is 7.62. The summed E-state index contributed by atoms with van der Waals surface area (Å²) in [4.78, 5) is 0. The topological polar surface area (TPSA) is 39.1 Å². The Kier molecular flexibility index (Phi) is 5.86. The van der Waals surface area contributed by atoms with E-state index in [1.165, 1.54) is 31.2 Å². The Labute approximate surface area is 116 Å². The summed E-state index contributed by atoms with van der Waals surface area (Å²) in [7, 11) is 1.97. The summed E-state index contributed by atoms with van der Waals surface area (Å²) in [6, 6.07) is 0.487. The third-order valence-electron chi connectivity index (χ3n) is 3.82. The van der Waals surface area contributed by atoms with Crippen LogP contribution in [-0.2, 0) is 18.2 Å². The van der Waals surface area contributed by atoms with Crippen LogP contribution in [0.15, 0.2) is 12.4 Å². The zero-order chi connectivity index (χ0) is 13.5. The van der Waals surface area contributed by atoms with Crippen molar-refractivity contribution in [3.05, 3.63) is 18.0 Å². The van der Waals surface area contributed by atoms with Gasteiger partial charge in [0.25, 0.3) is 0 Å². The van der Waals surface area contributed by atoms with Gasteiger partial charge in [-0.1, -0.05) is 6.92 Å². The van der Waals surface area contributed by atoms with Crippen molar-refractivity contribution in [3.8, 4) is 0 Å². The van der Waals surface area contributed by atoms with Crippen molar-refractivity contribution < 1.29 is 4.74 Å². The average Bonchev–Trinajstić information content (AvgIpc) is 2.86. The average molecular weight is 265 g/mol. The van der Waals surface area contributed by atoms with Crippen LogP contribution in [0.3, 0.4) is 0 Å². The molecule has 0 saturated carbocycles. The molecule has 0 radical (unpaired) electrons. The minimum absolute atomic E-state index is 0.400. The SMILES string of the molecule is CCCNC(CCc1cnn(C)c1)C1CCCCO1. The Bertz CT molecular complexity index is 358. The van der Waals surface area contributed by atoms with Gasteiger partial charge in [0, 0.05) is 25.9 Å². The maximum absolute atomic E-state index is 5.95. The van der Waals surface area contributed by atoms with E-state index < -0.39 is 0 Å². The van der Waals surface area contributed by atoms with Crippen LogP contribution in [0.25, 0.3) is 0 Å². The van der Waals surface area contributed by atoms with Gasteiger partial charge in [-0.15, -0.1) is 0 Å². The molecular formula is C15H27N3O. The Hall–Kier alpha value is -0.870. The zero-order valence-electron chi connectivity index (χ0n) is 12.3. The fourth-order valence-corrected chi connectivity index (χ4v) is 2.76. The van der Waals surface area contributed by atoms with E-state index in [4.69, 9.17) is 4.74 Å². The molecule has 1 aromatic heterocycles. The molecule has 1 aliphatic rings. The quantitative estimate of drug-likeness (QED) is 0.822. The van der Waals surface area contributed by atoms with Gasteiger partial charge >= 0.3 is 0 Å². The molecule has 2 heterocycles. The highest BCUT2D eigenvalue weighted by atomic mass is 16.5. The highest BCUT2D eigenvalue weighted by molar-refractivity contribution is 5.04. The van der Waals surface area contributed by atoms with Gasteiger partial charge in [0.2, 0.25) is 0 Å². The molecule has 1 fully saturated rings. The second kappa shape index (κ2) is 7.65. The Balaban J connectivity index is 1.85. The van der Waals surface area contributed by atoms with Gasteiger partial charge in [-0.25, -0.2) is 0 Å². The zero-order valence-corrected chi connectivity index (χ0v) is 12.3. The highest BCUT2D eigenvalue weighted by Gasteiger charge is 2.23. The minimum Gasteiger partial charge on any atom is -0.377 e. The van der Waals surface area contributed by atoms with Crippen LogP contribution < -0.4 is 5.32 Å². The molecule has 0 aliphatic carbocycles. The number of hydrogen-bond donors (Lipinski definition) is 1. The van der Waals surface area contributed by atoms with Gasteiger partial charge in [-0.05, 0) is 50.6 Å². The summed E-state index contributed by atoms with van der Waals surface area (Å²) < 4.78 is 7.82. The van der Waals surface area contributed by atoms with Crippen LogP contribution in [0.5, 0.6) is 0 Å². The maximum Gasteiger partial charge on any atom is 0.0728 e. The van der Waals surface area contributed by atoms with E-state index in [0.717, 1.165) is 26.0 Å². The van der Waals surface area contributed by atoms with Gasteiger partial charge in [-0.3, -0.25) is 4.68 Å². The second-order valence-corrected chi connectivity index (χ2v) is 5.53. The van der Waals surface area contributed by atoms with E-state index in [2.05, 4.69) is 23.5 Å². The van der Waals surface area contributed by atoms with Crippen LogP contribution in [0.4, 0.5) is 0 Å². The summed E-state index contributed by atoms with van der Waals surface area (Å²) in [5.74, 6) is 0. The number of ether oxygens (including phenoxy) is 1. The molecule has 0 aromatic carbocycles. The molecule has 4 nitrogen and oxygen atoms in total. The van der Waals surface area contributed by atoms with E-state index in [1.54, 1.807) is 0 Å². The van der Waals surface area contributed by atoms with Crippen LogP contribution in [0, 0.1) is 0 Å². The van der Waals surface area contributed by atoms with E-state index >= 15 is 0 Å². The van der Waals surface area contributed by atoms with E-state index in [9.17, 15) is 0 Å². The highest BCUT2D eigenvalue weighted by Crippen LogP contribution is 2.19. The predicted molar refractivity (Wildman–Crippen MR) is 77.2 cm³/mol. The van der Waals surface area contributed by atoms with Gasteiger partial charge < -0.3 is 10.1 Å². The van der Waals surface area contributed by atoms with E-state index in [0.29, 0.717) is 12.1 Å². The van der Waals surface area contributed by atoms with Crippen molar-refractivity contribution in [3.63, 3.8) is 0 Å². The molecule has 0 amide bonds. The largest absolute Gasteiger partial charge is 0.377 e. The fraction of sp³-hybridized carbons (Fsp3) is 0.800. The molecule has 0 bridgehead atoms. The maximum atomic E-state index is 5.95. The van der Waals surface area contributed by atoms with Gasteiger partial charge in [0.1, 0.15) is 0 Å². The summed E-state index contributed by atoms with van der Waals surface area (Å²) in [5, 5.41) is 7.90. The third-order valence-corrected chi connectivity index (χ3v) is 3.82. The molecule has 1 aliphatic heterocycles. The summed E-state index contributed by atoms with van der Waals surface area (Å²) >= 11 is 0. The molecule has 2 atom stereocenters. The first kappa shape index (κ1) is 14.5. The molecule has 2 rings (SSSR count). The van der Waals surface area contributed by atoms with Crippen molar-refractivity contribution in [2.75, 3.05) is 13.2 Å². The van der Waals surface area contributed by atoms with Crippen LogP contribution in [0.1, 0.15) is 44.6 Å². The number of nitrogens with zero attached hydrogens (tertiary/aromatic N) is 2. The summed E-state index contributed by atoms with van der Waals surface area (Å²) in [6.45, 7) is 4.23. The third kappa shape index (κ3) is 4.62. The summed E-state index contributed by atoms with van der Waals surface area (Å²) in [5.41, 5.74) is 1.32. The van der Waals surface area contributed by atoms with Crippen LogP contribution in [-0.4, -0.2) is 35.1 Å². The molecule has 0 spiro atoms. The van der Waals surface area contributed by atoms with Gasteiger partial charge in [0.05, 0.1) is 12.3 Å². The number of rotatable bonds is 7. The lowest BCUT2D eigenvalue weighted by Gasteiger charge is -2.31. The standard InChI is InChI=1S/C15H27N3O/c1-3-9-16-14(15-6-4-5-10-19-15)8-7-13-11-17-18(2)12-13/h11-12,14-16H,3-10H2,1-2H3. The monoisotopic (exact) mass is 265 g/mol. The first-order valence-corrected chi connectivity index (χ1v) is 7.62. The molecular weight excluding hydrogens is 238 g/mol. The molecule has 4 heteroatoms. The molecule has 1 aromatic rings. The molecule has 1 N–H and O–H groups in total. The normalized spacial score (nSPS) is 21.5. The Morgan fingerprint density at radius 1 is 1.53 bits per heavy atom. The lowest BCUT2D eigenvalue weighted by atomic mass is 9.97. The number of aryl methyl sites for hydroxylation is 2. The van der Waals surface area contributed by atoms with Crippen molar-refractivity contribution in [1.29, 1.82) is 0 Å². The Morgan fingerprint density at radius 2 is 2.42 bits per heavy atom. The molecule has 2 unspecified atom stereocenters. The van der Waals surface area contributed by atoms with Crippen molar-refractivity contribution in [2.45, 2.75) is 57.6 Å². The molecule has 108 valence electrons. The van der Waals surface area contributed by atoms with Gasteiger partial charge in [0.15, 0.2) is 0 Å². The number of nitrogens with one attached hydrogen (secondary N) is 1. The smallest absolute Gasteiger partial charge is 0.0728 e. The predicted octanol–water partition coefficient (Wildman–Crippen LogP) is 2.29. The molecule has 1 saturated heterocycles. The second-order valence-electron chi connectivity index (χ2n) is 5.53. The van der Waals surface area contributed by atoms with Gasteiger partial charge in [-0.2, -0.15) is 5.10 Å².